The minimum atomic E-state index is -2.82. The van der Waals surface area contributed by atoms with Crippen molar-refractivity contribution in [3.05, 3.63) is 72.3 Å². The Labute approximate surface area is 182 Å². The Morgan fingerprint density at radius 1 is 1.17 bits per heavy atom. The summed E-state index contributed by atoms with van der Waals surface area (Å²) in [6, 6.07) is 19.1. The quantitative estimate of drug-likeness (QED) is 0.389. The van der Waals surface area contributed by atoms with Crippen LogP contribution in [-0.4, -0.2) is 51.6 Å². The molecule has 2 N–H and O–H groups in total. The molecule has 0 saturated carbocycles. The maximum absolute atomic E-state index is 13.9. The third kappa shape index (κ3) is 4.37. The molecule has 2 aliphatic rings. The second-order valence-corrected chi connectivity index (χ2v) is 10.8. The van der Waals surface area contributed by atoms with E-state index in [1.54, 1.807) is 12.4 Å². The van der Waals surface area contributed by atoms with Crippen molar-refractivity contribution in [1.82, 2.24) is 4.72 Å². The van der Waals surface area contributed by atoms with E-state index in [-0.39, 0.29) is 18.5 Å². The van der Waals surface area contributed by atoms with Crippen LogP contribution in [0, 0.1) is 0 Å². The molecular formula is C23H27NO4S2. The van der Waals surface area contributed by atoms with E-state index in [0.29, 0.717) is 17.1 Å². The number of fused-ring (bicyclic) bond motifs is 1. The number of hydrogen-bond acceptors (Lipinski definition) is 5. The van der Waals surface area contributed by atoms with Crippen LogP contribution in [-0.2, 0) is 19.2 Å². The van der Waals surface area contributed by atoms with Crippen LogP contribution in [0.2, 0.25) is 0 Å². The number of benzene rings is 2. The summed E-state index contributed by atoms with van der Waals surface area (Å²) in [4.78, 5) is 1.66. The number of aliphatic hydroxyl groups is 1. The molecule has 0 radical (unpaired) electrons. The van der Waals surface area contributed by atoms with Crippen molar-refractivity contribution >= 4 is 26.8 Å². The minimum Gasteiger partial charge on any atom is -0.380 e. The molecule has 2 aromatic carbocycles. The lowest BCUT2D eigenvalue weighted by Crippen LogP contribution is -2.45. The van der Waals surface area contributed by atoms with Gasteiger partial charge in [0.1, 0.15) is 11.7 Å². The molecule has 5 nitrogen and oxygen atoms in total. The predicted octanol–water partition coefficient (Wildman–Crippen LogP) is 3.25. The van der Waals surface area contributed by atoms with Crippen LogP contribution in [0.3, 0.4) is 0 Å². The van der Waals surface area contributed by atoms with E-state index in [4.69, 9.17) is 9.47 Å². The van der Waals surface area contributed by atoms with Gasteiger partial charge in [-0.15, -0.1) is 11.8 Å². The molecule has 1 fully saturated rings. The van der Waals surface area contributed by atoms with Gasteiger partial charge in [-0.1, -0.05) is 42.5 Å². The third-order valence-corrected chi connectivity index (χ3v) is 8.87. The van der Waals surface area contributed by atoms with E-state index in [1.807, 2.05) is 73.7 Å². The molecule has 0 bridgehead atoms. The number of hydrogen-bond donors (Lipinski definition) is 2. The molecule has 7 heteroatoms. The molecule has 1 saturated heterocycles. The second kappa shape index (κ2) is 8.86. The molecule has 4 rings (SSSR count). The first kappa shape index (κ1) is 21.6. The SMILES string of the molecule is CNS(=O)(=CC(O)(CSc1ccccc1)C1=CCC2OC(C)OC12)c1ccccc1. The van der Waals surface area contributed by atoms with E-state index < -0.39 is 15.3 Å². The van der Waals surface area contributed by atoms with Crippen molar-refractivity contribution in [3.8, 4) is 0 Å². The highest BCUT2D eigenvalue weighted by molar-refractivity contribution is 8.00. The average molecular weight is 446 g/mol. The fourth-order valence-corrected chi connectivity index (χ4v) is 6.83. The Morgan fingerprint density at radius 3 is 2.50 bits per heavy atom. The fraction of sp³-hybridized carbons (Fsp3) is 0.348. The van der Waals surface area contributed by atoms with Gasteiger partial charge >= 0.3 is 0 Å². The highest BCUT2D eigenvalue weighted by Gasteiger charge is 2.47. The zero-order valence-corrected chi connectivity index (χ0v) is 18.7. The monoisotopic (exact) mass is 445 g/mol. The van der Waals surface area contributed by atoms with E-state index in [0.717, 1.165) is 10.5 Å². The van der Waals surface area contributed by atoms with Gasteiger partial charge < -0.3 is 14.6 Å². The summed E-state index contributed by atoms with van der Waals surface area (Å²) >= 11 is 1.52. The average Bonchev–Trinajstić information content (AvgIpc) is 3.33. The first-order valence-electron chi connectivity index (χ1n) is 9.99. The van der Waals surface area contributed by atoms with Gasteiger partial charge in [-0.2, -0.15) is 0 Å². The van der Waals surface area contributed by atoms with Crippen LogP contribution < -0.4 is 4.72 Å². The van der Waals surface area contributed by atoms with Crippen molar-refractivity contribution in [2.24, 2.45) is 0 Å². The van der Waals surface area contributed by atoms with Gasteiger partial charge in [0.05, 0.1) is 15.8 Å². The first-order chi connectivity index (χ1) is 14.4. The molecule has 30 heavy (non-hydrogen) atoms. The largest absolute Gasteiger partial charge is 0.380 e. The summed E-state index contributed by atoms with van der Waals surface area (Å²) in [5.41, 5.74) is -0.720. The molecule has 0 spiro atoms. The molecule has 160 valence electrons. The molecule has 1 aliphatic heterocycles. The zero-order chi connectivity index (χ0) is 21.2. The Bertz CT molecular complexity index is 1020. The predicted molar refractivity (Wildman–Crippen MR) is 122 cm³/mol. The van der Waals surface area contributed by atoms with Gasteiger partial charge in [0, 0.05) is 20.9 Å². The van der Waals surface area contributed by atoms with Crippen molar-refractivity contribution in [1.29, 1.82) is 0 Å². The van der Waals surface area contributed by atoms with Crippen LogP contribution >= 0.6 is 11.8 Å². The van der Waals surface area contributed by atoms with E-state index in [2.05, 4.69) is 4.72 Å². The van der Waals surface area contributed by atoms with Crippen LogP contribution in [0.4, 0.5) is 0 Å². The molecule has 5 atom stereocenters. The van der Waals surface area contributed by atoms with Crippen molar-refractivity contribution < 1.29 is 18.8 Å². The van der Waals surface area contributed by atoms with E-state index >= 15 is 0 Å². The van der Waals surface area contributed by atoms with E-state index in [1.165, 1.54) is 11.8 Å². The maximum atomic E-state index is 13.9. The van der Waals surface area contributed by atoms with Crippen LogP contribution in [0.15, 0.2) is 82.1 Å². The third-order valence-electron chi connectivity index (χ3n) is 5.38. The Hall–Kier alpha value is -1.61. The lowest BCUT2D eigenvalue weighted by atomic mass is 9.95. The van der Waals surface area contributed by atoms with Crippen LogP contribution in [0.25, 0.3) is 0 Å². The molecule has 0 amide bonds. The molecule has 1 heterocycles. The van der Waals surface area contributed by atoms with Crippen molar-refractivity contribution in [2.75, 3.05) is 12.8 Å². The van der Waals surface area contributed by atoms with E-state index in [9.17, 15) is 9.32 Å². The summed E-state index contributed by atoms with van der Waals surface area (Å²) in [7, 11) is -1.17. The number of rotatable bonds is 7. The van der Waals surface area contributed by atoms with Gasteiger partial charge in [0.25, 0.3) is 0 Å². The summed E-state index contributed by atoms with van der Waals surface area (Å²) in [5.74, 6) is 0.315. The highest BCUT2D eigenvalue weighted by atomic mass is 32.2. The zero-order valence-electron chi connectivity index (χ0n) is 17.1. The normalized spacial score (nSPS) is 27.0. The molecule has 5 unspecified atom stereocenters. The Morgan fingerprint density at radius 2 is 1.83 bits per heavy atom. The van der Waals surface area contributed by atoms with Crippen molar-refractivity contribution in [2.45, 2.75) is 47.2 Å². The van der Waals surface area contributed by atoms with Gasteiger partial charge in [-0.05, 0) is 50.2 Å². The summed E-state index contributed by atoms with van der Waals surface area (Å²) in [6.45, 7) is 1.86. The molecule has 2 aromatic rings. The van der Waals surface area contributed by atoms with Crippen LogP contribution in [0.5, 0.6) is 0 Å². The standard InChI is InChI=1S/C23H27NO4S2/c1-17-27-21-14-13-20(22(21)28-17)23(25,15-29-18-9-5-3-6-10-18)16-30(26,24-2)19-11-7-4-8-12-19/h3-13,16-17,21-22,25H,14-15H2,1-2H3,(H,24,26). The Kier molecular flexibility index (Phi) is 6.39. The van der Waals surface area contributed by atoms with Crippen LogP contribution in [0.1, 0.15) is 13.3 Å². The topological polar surface area (TPSA) is 67.8 Å². The second-order valence-electron chi connectivity index (χ2n) is 7.46. The van der Waals surface area contributed by atoms with Gasteiger partial charge in [0.2, 0.25) is 0 Å². The fourth-order valence-electron chi connectivity index (χ4n) is 3.92. The Balaban J connectivity index is 1.74. The minimum absolute atomic E-state index is 0.112. The molecule has 0 aromatic heterocycles. The van der Waals surface area contributed by atoms with Gasteiger partial charge in [-0.3, -0.25) is 0 Å². The number of thioether (sulfide) groups is 1. The number of ether oxygens (including phenoxy) is 2. The van der Waals surface area contributed by atoms with Gasteiger partial charge in [0.15, 0.2) is 6.29 Å². The number of nitrogens with one attached hydrogen (secondary N) is 1. The van der Waals surface area contributed by atoms with Crippen molar-refractivity contribution in [3.63, 3.8) is 0 Å². The molecular weight excluding hydrogens is 418 g/mol. The summed E-state index contributed by atoms with van der Waals surface area (Å²) < 4.78 is 28.6. The first-order valence-corrected chi connectivity index (χ1v) is 12.6. The molecule has 1 aliphatic carbocycles. The lowest BCUT2D eigenvalue weighted by molar-refractivity contribution is -0.0510. The maximum Gasteiger partial charge on any atom is 0.156 e. The summed E-state index contributed by atoms with van der Waals surface area (Å²) in [5, 5.41) is 13.5. The van der Waals surface area contributed by atoms with Gasteiger partial charge in [-0.25, -0.2) is 8.93 Å². The smallest absolute Gasteiger partial charge is 0.156 e. The highest BCUT2D eigenvalue weighted by Crippen LogP contribution is 2.40. The summed E-state index contributed by atoms with van der Waals surface area (Å²) in [6.07, 6.45) is 1.87. The lowest BCUT2D eigenvalue weighted by Gasteiger charge is -2.31.